The number of allylic oxidation sites excluding steroid dienone is 1. The average Bonchev–Trinajstić information content (AvgIpc) is 2.57. The van der Waals surface area contributed by atoms with Crippen LogP contribution in [0.15, 0.2) is 30.0 Å². The Morgan fingerprint density at radius 1 is 1.25 bits per heavy atom. The summed E-state index contributed by atoms with van der Waals surface area (Å²) in [4.78, 5) is 4.04. The van der Waals surface area contributed by atoms with Crippen molar-refractivity contribution in [3.8, 4) is 0 Å². The molecular weight excluding hydrogens is 203 g/mol. The second-order valence-corrected chi connectivity index (χ2v) is 4.26. The van der Waals surface area contributed by atoms with Crippen molar-refractivity contribution in [2.75, 3.05) is 0 Å². The van der Waals surface area contributed by atoms with Gasteiger partial charge in [0, 0.05) is 0 Å². The predicted molar refractivity (Wildman–Crippen MR) is 62.3 cm³/mol. The zero-order valence-corrected chi connectivity index (χ0v) is 9.32. The molecule has 2 nitrogen and oxygen atoms in total. The van der Waals surface area contributed by atoms with Crippen molar-refractivity contribution in [2.45, 2.75) is 38.1 Å². The summed E-state index contributed by atoms with van der Waals surface area (Å²) < 4.78 is 12.7. The van der Waals surface area contributed by atoms with Crippen molar-refractivity contribution >= 4 is 0 Å². The molecule has 1 unspecified atom stereocenters. The van der Waals surface area contributed by atoms with E-state index in [0.717, 1.165) is 18.5 Å². The number of pyridine rings is 1. The third-order valence-corrected chi connectivity index (χ3v) is 3.04. The van der Waals surface area contributed by atoms with Crippen LogP contribution in [0.2, 0.25) is 0 Å². The lowest BCUT2D eigenvalue weighted by atomic mass is 10.00. The van der Waals surface area contributed by atoms with Crippen LogP contribution in [0.4, 0.5) is 4.39 Å². The highest BCUT2D eigenvalue weighted by atomic mass is 19.1. The van der Waals surface area contributed by atoms with Gasteiger partial charge in [-0.3, -0.25) is 4.98 Å². The van der Waals surface area contributed by atoms with Gasteiger partial charge in [-0.1, -0.05) is 18.1 Å². The Hall–Kier alpha value is -1.22. The topological polar surface area (TPSA) is 38.9 Å². The molecule has 1 aromatic heterocycles. The molecule has 2 N–H and O–H groups in total. The van der Waals surface area contributed by atoms with E-state index in [0.29, 0.717) is 0 Å². The molecule has 1 aromatic rings. The number of rotatable bonds is 2. The SMILES string of the molecule is NC(C1=CCCCCC1)c1ccc(F)cn1. The van der Waals surface area contributed by atoms with Gasteiger partial charge in [-0.25, -0.2) is 4.39 Å². The molecule has 0 spiro atoms. The first kappa shape index (κ1) is 11.3. The quantitative estimate of drug-likeness (QED) is 0.778. The summed E-state index contributed by atoms with van der Waals surface area (Å²) in [5.74, 6) is -0.314. The van der Waals surface area contributed by atoms with E-state index in [4.69, 9.17) is 5.73 Å². The maximum absolute atomic E-state index is 12.7. The van der Waals surface area contributed by atoms with Crippen LogP contribution in [0.25, 0.3) is 0 Å². The van der Waals surface area contributed by atoms with Crippen molar-refractivity contribution in [2.24, 2.45) is 5.73 Å². The van der Waals surface area contributed by atoms with Crippen LogP contribution in [0, 0.1) is 5.82 Å². The molecular formula is C13H17FN2. The van der Waals surface area contributed by atoms with Crippen LogP contribution < -0.4 is 5.73 Å². The van der Waals surface area contributed by atoms with E-state index >= 15 is 0 Å². The highest BCUT2D eigenvalue weighted by Crippen LogP contribution is 2.26. The Bertz CT molecular complexity index is 370. The van der Waals surface area contributed by atoms with Gasteiger partial charge in [0.25, 0.3) is 0 Å². The second-order valence-electron chi connectivity index (χ2n) is 4.26. The number of hydrogen-bond donors (Lipinski definition) is 1. The Balaban J connectivity index is 2.14. The van der Waals surface area contributed by atoms with Crippen molar-refractivity contribution in [1.82, 2.24) is 4.98 Å². The van der Waals surface area contributed by atoms with Crippen molar-refractivity contribution < 1.29 is 4.39 Å². The van der Waals surface area contributed by atoms with E-state index in [-0.39, 0.29) is 11.9 Å². The summed E-state index contributed by atoms with van der Waals surface area (Å²) in [7, 11) is 0. The molecule has 0 aliphatic heterocycles. The minimum atomic E-state index is -0.314. The summed E-state index contributed by atoms with van der Waals surface area (Å²) in [6.45, 7) is 0. The van der Waals surface area contributed by atoms with Crippen LogP contribution in [-0.2, 0) is 0 Å². The maximum atomic E-state index is 12.7. The summed E-state index contributed by atoms with van der Waals surface area (Å²) >= 11 is 0. The number of hydrogen-bond acceptors (Lipinski definition) is 2. The first-order chi connectivity index (χ1) is 7.77. The van der Waals surface area contributed by atoms with E-state index in [9.17, 15) is 4.39 Å². The lowest BCUT2D eigenvalue weighted by molar-refractivity contribution is 0.615. The summed E-state index contributed by atoms with van der Waals surface area (Å²) in [6, 6.07) is 2.92. The highest BCUT2D eigenvalue weighted by Gasteiger charge is 2.14. The maximum Gasteiger partial charge on any atom is 0.141 e. The summed E-state index contributed by atoms with van der Waals surface area (Å²) in [5.41, 5.74) is 8.14. The fraction of sp³-hybridized carbons (Fsp3) is 0.462. The molecule has 3 heteroatoms. The lowest BCUT2D eigenvalue weighted by Gasteiger charge is -2.14. The molecule has 0 aromatic carbocycles. The Labute approximate surface area is 95.4 Å². The molecule has 16 heavy (non-hydrogen) atoms. The predicted octanol–water partition coefficient (Wildman–Crippen LogP) is 3.11. The van der Waals surface area contributed by atoms with Gasteiger partial charge in [0.05, 0.1) is 17.9 Å². The van der Waals surface area contributed by atoms with Gasteiger partial charge in [0.2, 0.25) is 0 Å². The van der Waals surface area contributed by atoms with Crippen LogP contribution in [0.1, 0.15) is 43.8 Å². The van der Waals surface area contributed by atoms with Gasteiger partial charge in [0.1, 0.15) is 5.82 Å². The fourth-order valence-electron chi connectivity index (χ4n) is 2.08. The monoisotopic (exact) mass is 220 g/mol. The normalized spacial score (nSPS) is 18.8. The molecule has 86 valence electrons. The fourth-order valence-corrected chi connectivity index (χ4v) is 2.08. The Kier molecular flexibility index (Phi) is 3.67. The van der Waals surface area contributed by atoms with E-state index < -0.39 is 0 Å². The second kappa shape index (κ2) is 5.21. The third kappa shape index (κ3) is 2.67. The Morgan fingerprint density at radius 3 is 2.88 bits per heavy atom. The standard InChI is InChI=1S/C13H17FN2/c14-11-7-8-12(16-9-11)13(15)10-5-3-1-2-4-6-10/h5,7-9,13H,1-4,6,15H2. The van der Waals surface area contributed by atoms with Crippen LogP contribution in [0.3, 0.4) is 0 Å². The molecule has 0 fully saturated rings. The third-order valence-electron chi connectivity index (χ3n) is 3.04. The van der Waals surface area contributed by atoms with Crippen molar-refractivity contribution in [3.05, 3.63) is 41.5 Å². The molecule has 2 rings (SSSR count). The molecule has 1 aliphatic carbocycles. The minimum Gasteiger partial charge on any atom is -0.319 e. The minimum absolute atomic E-state index is 0.168. The molecule has 0 amide bonds. The molecule has 0 saturated carbocycles. The number of aromatic nitrogens is 1. The van der Waals surface area contributed by atoms with Gasteiger partial charge >= 0.3 is 0 Å². The molecule has 0 saturated heterocycles. The first-order valence-corrected chi connectivity index (χ1v) is 5.83. The molecule has 1 atom stereocenters. The summed E-state index contributed by atoms with van der Waals surface area (Å²) in [5, 5.41) is 0. The van der Waals surface area contributed by atoms with Gasteiger partial charge in [-0.05, 0) is 37.8 Å². The van der Waals surface area contributed by atoms with E-state index in [1.54, 1.807) is 6.07 Å². The van der Waals surface area contributed by atoms with E-state index in [1.807, 2.05) is 0 Å². The van der Waals surface area contributed by atoms with Crippen LogP contribution in [-0.4, -0.2) is 4.98 Å². The average molecular weight is 220 g/mol. The molecule has 1 heterocycles. The van der Waals surface area contributed by atoms with Gasteiger partial charge in [0.15, 0.2) is 0 Å². The number of halogens is 1. The summed E-state index contributed by atoms with van der Waals surface area (Å²) in [6.07, 6.45) is 9.30. The van der Waals surface area contributed by atoms with Gasteiger partial charge in [-0.15, -0.1) is 0 Å². The highest BCUT2D eigenvalue weighted by molar-refractivity contribution is 5.22. The molecule has 1 aliphatic rings. The molecule has 0 radical (unpaired) electrons. The van der Waals surface area contributed by atoms with E-state index in [1.165, 1.54) is 37.1 Å². The van der Waals surface area contributed by atoms with Crippen molar-refractivity contribution in [1.29, 1.82) is 0 Å². The smallest absolute Gasteiger partial charge is 0.141 e. The largest absolute Gasteiger partial charge is 0.319 e. The lowest BCUT2D eigenvalue weighted by Crippen LogP contribution is -2.14. The molecule has 0 bridgehead atoms. The van der Waals surface area contributed by atoms with Gasteiger partial charge in [-0.2, -0.15) is 0 Å². The van der Waals surface area contributed by atoms with Crippen LogP contribution in [0.5, 0.6) is 0 Å². The zero-order valence-electron chi connectivity index (χ0n) is 9.32. The Morgan fingerprint density at radius 2 is 2.12 bits per heavy atom. The van der Waals surface area contributed by atoms with Gasteiger partial charge < -0.3 is 5.73 Å². The van der Waals surface area contributed by atoms with Crippen molar-refractivity contribution in [3.63, 3.8) is 0 Å². The first-order valence-electron chi connectivity index (χ1n) is 5.83. The number of nitrogens with zero attached hydrogens (tertiary/aromatic N) is 1. The van der Waals surface area contributed by atoms with Crippen LogP contribution >= 0.6 is 0 Å². The van der Waals surface area contributed by atoms with E-state index in [2.05, 4.69) is 11.1 Å². The zero-order chi connectivity index (χ0) is 11.4. The number of nitrogens with two attached hydrogens (primary N) is 1.